The lowest BCUT2D eigenvalue weighted by atomic mass is 9.64. The van der Waals surface area contributed by atoms with Gasteiger partial charge in [-0.25, -0.2) is 0 Å². The molecule has 0 saturated carbocycles. The number of hydrogen-bond donors (Lipinski definition) is 0. The highest BCUT2D eigenvalue weighted by Gasteiger charge is 2.54. The molecular weight excluding hydrogens is 867 g/mol. The van der Waals surface area contributed by atoms with Gasteiger partial charge in [-0.1, -0.05) is 85.1 Å². The first-order chi connectivity index (χ1) is 35.2. The van der Waals surface area contributed by atoms with Gasteiger partial charge in [-0.05, 0) is 210 Å². The summed E-state index contributed by atoms with van der Waals surface area (Å²) < 4.78 is 13.2. The van der Waals surface area contributed by atoms with E-state index < -0.39 is 0 Å². The molecule has 0 aromatic carbocycles. The zero-order valence-corrected chi connectivity index (χ0v) is 42.0. The van der Waals surface area contributed by atoms with E-state index in [0.717, 1.165) is 68.0 Å². The molecule has 366 valence electrons. The highest BCUT2D eigenvalue weighted by atomic mass is 16.5. The number of rotatable bonds is 7. The first kappa shape index (κ1) is 43.4. The predicted molar refractivity (Wildman–Crippen MR) is 286 cm³/mol. The maximum Gasteiger partial charge on any atom is 0.130 e. The molecule has 71 heavy (non-hydrogen) atoms. The number of allylic oxidation sites excluding steroid dienone is 19. The van der Waals surface area contributed by atoms with E-state index in [2.05, 4.69) is 142 Å². The molecule has 14 aliphatic rings. The molecule has 2 saturated heterocycles. The second-order valence-electron chi connectivity index (χ2n) is 24.1. The molecule has 3 aliphatic heterocycles. The van der Waals surface area contributed by atoms with E-state index in [0.29, 0.717) is 65.7 Å². The maximum atomic E-state index is 6.85. The standard InChI is InChI=1S/C66H75N3O2/c1-3-13-46(14-4-1)67-59-20-10-7-17-51(59)54-37-42(23-32-61(54)67)44-25-34-63-56(39-44)57-40-45(43-24-33-62-55(38-43)52-18-8-11-21-60(52)68(62)47-15-5-2-6-16-47)26-35-64(57)69(63)48-27-29-49(30-28-48)70-50-31-36-66-58(41-50)53-19-9-12-22-65(53)71-66/h1-3,5,10-11,13,15,20-21,23,25-27,29,32,34-36,38,41-45,50-51,54,56-57,59,61-64H,4,6-9,12,14,16-19,22,24,28,30-31,33,37,39-40H2. The van der Waals surface area contributed by atoms with Gasteiger partial charge in [-0.15, -0.1) is 0 Å². The lowest BCUT2D eigenvalue weighted by Crippen LogP contribution is -2.39. The second kappa shape index (κ2) is 17.8. The first-order valence-electron chi connectivity index (χ1n) is 29.0. The van der Waals surface area contributed by atoms with E-state index in [-0.39, 0.29) is 6.10 Å². The van der Waals surface area contributed by atoms with Gasteiger partial charge in [0.2, 0.25) is 0 Å². The van der Waals surface area contributed by atoms with Crippen molar-refractivity contribution in [3.8, 4) is 0 Å². The van der Waals surface area contributed by atoms with Crippen LogP contribution >= 0.6 is 0 Å². The van der Waals surface area contributed by atoms with Gasteiger partial charge in [0, 0.05) is 52.8 Å². The average Bonchev–Trinajstić information content (AvgIpc) is 4.17. The van der Waals surface area contributed by atoms with Gasteiger partial charge in [-0.2, -0.15) is 0 Å². The van der Waals surface area contributed by atoms with Gasteiger partial charge in [-0.3, -0.25) is 0 Å². The van der Waals surface area contributed by atoms with Crippen LogP contribution in [0.4, 0.5) is 0 Å². The topological polar surface area (TPSA) is 32.1 Å². The minimum atomic E-state index is 0.0824. The molecule has 0 N–H and O–H groups in total. The van der Waals surface area contributed by atoms with Gasteiger partial charge in [0.05, 0.1) is 36.0 Å². The second-order valence-corrected chi connectivity index (χ2v) is 24.1. The normalized spacial score (nSPS) is 39.1. The molecule has 1 aromatic rings. The third kappa shape index (κ3) is 7.33. The van der Waals surface area contributed by atoms with E-state index in [1.54, 1.807) is 16.8 Å². The zero-order valence-electron chi connectivity index (χ0n) is 42.0. The van der Waals surface area contributed by atoms with Crippen LogP contribution in [-0.4, -0.2) is 51.0 Å². The molecule has 5 heteroatoms. The Balaban J connectivity index is 0.722. The number of likely N-dealkylation sites (tertiary alicyclic amines) is 2. The molecule has 15 rings (SSSR count). The third-order valence-corrected chi connectivity index (χ3v) is 20.6. The highest BCUT2D eigenvalue weighted by molar-refractivity contribution is 5.54. The van der Waals surface area contributed by atoms with Gasteiger partial charge < -0.3 is 23.9 Å². The van der Waals surface area contributed by atoms with E-state index in [1.807, 2.05) is 0 Å². The number of furan rings is 1. The molecule has 1 aromatic heterocycles. The van der Waals surface area contributed by atoms with Crippen LogP contribution in [0.1, 0.15) is 127 Å². The van der Waals surface area contributed by atoms with Gasteiger partial charge in [0.25, 0.3) is 0 Å². The Kier molecular flexibility index (Phi) is 10.9. The third-order valence-electron chi connectivity index (χ3n) is 20.6. The quantitative estimate of drug-likeness (QED) is 0.254. The lowest BCUT2D eigenvalue weighted by molar-refractivity contribution is 0.157. The minimum absolute atomic E-state index is 0.0824. The molecule has 0 bridgehead atoms. The number of aryl methyl sites for hydroxylation is 1. The molecule has 2 fully saturated rings. The summed E-state index contributed by atoms with van der Waals surface area (Å²) in [6, 6.07) is 2.54. The van der Waals surface area contributed by atoms with Crippen LogP contribution in [0.5, 0.6) is 0 Å². The summed E-state index contributed by atoms with van der Waals surface area (Å²) in [5.74, 6) is 7.68. The van der Waals surface area contributed by atoms with E-state index in [1.165, 1.54) is 117 Å². The van der Waals surface area contributed by atoms with Crippen LogP contribution in [0, 0.1) is 47.3 Å². The Morgan fingerprint density at radius 3 is 1.96 bits per heavy atom. The summed E-state index contributed by atoms with van der Waals surface area (Å²) in [4.78, 5) is 8.58. The minimum Gasteiger partial charge on any atom is -0.490 e. The fourth-order valence-electron chi connectivity index (χ4n) is 17.4. The average molecular weight is 942 g/mol. The Bertz CT molecular complexity index is 2900. The fraction of sp³-hybridized carbons (Fsp3) is 0.515. The van der Waals surface area contributed by atoms with E-state index in [4.69, 9.17) is 9.15 Å². The van der Waals surface area contributed by atoms with Crippen molar-refractivity contribution in [1.29, 1.82) is 0 Å². The fourth-order valence-corrected chi connectivity index (χ4v) is 17.4. The molecule has 0 radical (unpaired) electrons. The largest absolute Gasteiger partial charge is 0.490 e. The van der Waals surface area contributed by atoms with Crippen molar-refractivity contribution in [1.82, 2.24) is 14.7 Å². The maximum absolute atomic E-state index is 6.85. The number of fused-ring (bicyclic) bond motifs is 11. The number of hydrogen-bond acceptors (Lipinski definition) is 5. The van der Waals surface area contributed by atoms with E-state index >= 15 is 0 Å². The van der Waals surface area contributed by atoms with Crippen LogP contribution in [-0.2, 0) is 17.6 Å². The predicted octanol–water partition coefficient (Wildman–Crippen LogP) is 12.8. The summed E-state index contributed by atoms with van der Waals surface area (Å²) in [5.41, 5.74) is 12.0. The van der Waals surface area contributed by atoms with Crippen molar-refractivity contribution in [2.24, 2.45) is 47.3 Å². The molecule has 4 heterocycles. The summed E-state index contributed by atoms with van der Waals surface area (Å²) in [6.07, 6.45) is 76.7. The summed E-state index contributed by atoms with van der Waals surface area (Å²) in [5, 5.41) is 1.32. The molecule has 0 spiro atoms. The monoisotopic (exact) mass is 942 g/mol. The summed E-state index contributed by atoms with van der Waals surface area (Å²) in [6.45, 7) is 0. The van der Waals surface area contributed by atoms with Gasteiger partial charge in [0.1, 0.15) is 17.3 Å². The Morgan fingerprint density at radius 2 is 1.23 bits per heavy atom. The van der Waals surface area contributed by atoms with Crippen LogP contribution in [0.2, 0.25) is 0 Å². The SMILES string of the molecule is C1=CCCC(N2C3=C(CCC=C3)C3=CC(C4C=CC5C(C4)C4CC(C6C=CC7C(C6)C6CCC=CC6N7C6=CC=CCC6)C=CC4N5C4=CC=C(OC5C=c6c7c(oc6=CC5)CCCC7)CC4)CCC32)=C1. The molecule has 14 unspecified atom stereocenters. The number of ether oxygens (including phenoxy) is 1. The smallest absolute Gasteiger partial charge is 0.130 e. The Labute approximate surface area is 423 Å². The van der Waals surface area contributed by atoms with Crippen molar-refractivity contribution in [3.05, 3.63) is 177 Å². The highest BCUT2D eigenvalue weighted by Crippen LogP contribution is 2.56. The summed E-state index contributed by atoms with van der Waals surface area (Å²) in [7, 11) is 0. The summed E-state index contributed by atoms with van der Waals surface area (Å²) >= 11 is 0. The van der Waals surface area contributed by atoms with Crippen molar-refractivity contribution in [2.75, 3.05) is 0 Å². The van der Waals surface area contributed by atoms with Crippen molar-refractivity contribution in [2.45, 2.75) is 165 Å². The van der Waals surface area contributed by atoms with Gasteiger partial charge in [0.15, 0.2) is 0 Å². The Morgan fingerprint density at radius 1 is 0.535 bits per heavy atom. The molecule has 0 amide bonds. The van der Waals surface area contributed by atoms with Crippen LogP contribution in [0.15, 0.2) is 160 Å². The van der Waals surface area contributed by atoms with Crippen LogP contribution in [0.3, 0.4) is 0 Å². The lowest BCUT2D eigenvalue weighted by Gasteiger charge is -2.41. The Hall–Kier alpha value is -5.16. The van der Waals surface area contributed by atoms with Gasteiger partial charge >= 0.3 is 0 Å². The van der Waals surface area contributed by atoms with Crippen molar-refractivity contribution in [3.63, 3.8) is 0 Å². The molecule has 5 nitrogen and oxygen atoms in total. The van der Waals surface area contributed by atoms with Crippen molar-refractivity contribution < 1.29 is 9.15 Å². The van der Waals surface area contributed by atoms with Crippen molar-refractivity contribution >= 4 is 12.2 Å². The molecule has 11 aliphatic carbocycles. The number of nitrogens with zero attached hydrogens (tertiary/aromatic N) is 3. The molecular formula is C66H75N3O2. The van der Waals surface area contributed by atoms with E-state index in [9.17, 15) is 0 Å². The van der Waals surface area contributed by atoms with Crippen LogP contribution in [0.25, 0.3) is 12.2 Å². The van der Waals surface area contributed by atoms with Crippen LogP contribution < -0.4 is 10.6 Å². The first-order valence-corrected chi connectivity index (χ1v) is 29.0. The molecule has 14 atom stereocenters. The zero-order chi connectivity index (χ0) is 46.6.